The van der Waals surface area contributed by atoms with Crippen LogP contribution in [-0.2, 0) is 4.79 Å². The lowest BCUT2D eigenvalue weighted by molar-refractivity contribution is -0.132. The smallest absolute Gasteiger partial charge is 0.308 e. The molecule has 0 radical (unpaired) electrons. The van der Waals surface area contributed by atoms with Crippen molar-refractivity contribution in [3.8, 4) is 5.75 Å². The lowest BCUT2D eigenvalue weighted by Crippen LogP contribution is -2.04. The number of hydrogen-bond donors (Lipinski definition) is 1. The number of aromatic amines is 1. The number of benzene rings is 2. The van der Waals surface area contributed by atoms with Gasteiger partial charge in [-0.2, -0.15) is 0 Å². The summed E-state index contributed by atoms with van der Waals surface area (Å²) < 4.78 is 5.45. The molecule has 4 heteroatoms. The van der Waals surface area contributed by atoms with Crippen LogP contribution in [0.5, 0.6) is 5.75 Å². The number of para-hydroxylation sites is 1. The van der Waals surface area contributed by atoms with E-state index in [9.17, 15) is 4.79 Å². The Hall–Kier alpha value is -1.94. The van der Waals surface area contributed by atoms with Crippen molar-refractivity contribution >= 4 is 39.5 Å². The van der Waals surface area contributed by atoms with Crippen LogP contribution in [0.15, 0.2) is 35.2 Å². The summed E-state index contributed by atoms with van der Waals surface area (Å²) in [5.74, 6) is 0.690. The summed E-state index contributed by atoms with van der Waals surface area (Å²) in [5.41, 5.74) is 3.35. The average molecular weight is 313 g/mol. The summed E-state index contributed by atoms with van der Waals surface area (Å²) in [6.45, 7) is 5.76. The Bertz CT molecular complexity index is 864. The van der Waals surface area contributed by atoms with Crippen LogP contribution < -0.4 is 4.74 Å². The van der Waals surface area contributed by atoms with Crippen LogP contribution in [0.3, 0.4) is 0 Å². The van der Waals surface area contributed by atoms with Gasteiger partial charge in [0.05, 0.1) is 10.4 Å². The molecule has 3 aromatic rings. The predicted octanol–water partition coefficient (Wildman–Crippen LogP) is 5.09. The highest BCUT2D eigenvalue weighted by Crippen LogP contribution is 2.42. The molecule has 114 valence electrons. The van der Waals surface area contributed by atoms with Gasteiger partial charge in [-0.15, -0.1) is 11.8 Å². The predicted molar refractivity (Wildman–Crippen MR) is 93.0 cm³/mol. The summed E-state index contributed by atoms with van der Waals surface area (Å²) in [5, 5.41) is 2.44. The first-order valence-corrected chi connectivity index (χ1v) is 8.55. The topological polar surface area (TPSA) is 42.1 Å². The summed E-state index contributed by atoms with van der Waals surface area (Å²) in [7, 11) is 0. The number of fused-ring (bicyclic) bond motifs is 3. The summed E-state index contributed by atoms with van der Waals surface area (Å²) >= 11 is 1.59. The number of carbonyl (C=O) groups is 1. The first-order chi connectivity index (χ1) is 10.5. The molecule has 0 bridgehead atoms. The maximum absolute atomic E-state index is 11.4. The number of esters is 1. The monoisotopic (exact) mass is 313 g/mol. The van der Waals surface area contributed by atoms with E-state index in [1.54, 1.807) is 11.8 Å². The van der Waals surface area contributed by atoms with Crippen LogP contribution in [0.4, 0.5) is 0 Å². The van der Waals surface area contributed by atoms with E-state index in [4.69, 9.17) is 4.74 Å². The van der Waals surface area contributed by atoms with Crippen LogP contribution in [0.2, 0.25) is 0 Å². The SMILES string of the molecule is CSc1c(OC(C)=O)cc(C(C)C)c2c1[nH]c1ccccc12. The van der Waals surface area contributed by atoms with Crippen LogP contribution in [-0.4, -0.2) is 17.2 Å². The lowest BCUT2D eigenvalue weighted by Gasteiger charge is -2.14. The Balaban J connectivity index is 2.45. The highest BCUT2D eigenvalue weighted by atomic mass is 32.2. The van der Waals surface area contributed by atoms with Crippen LogP contribution in [0.25, 0.3) is 21.8 Å². The van der Waals surface area contributed by atoms with Crippen molar-refractivity contribution in [2.24, 2.45) is 0 Å². The Morgan fingerprint density at radius 3 is 2.64 bits per heavy atom. The van der Waals surface area contributed by atoms with Gasteiger partial charge in [0.2, 0.25) is 0 Å². The van der Waals surface area contributed by atoms with E-state index < -0.39 is 0 Å². The Labute approximate surface area is 134 Å². The molecule has 0 aliphatic rings. The number of H-pyrrole nitrogens is 1. The standard InChI is InChI=1S/C18H19NO2S/c1-10(2)13-9-15(21-11(3)20)18(22-4)17-16(13)12-7-5-6-8-14(12)19-17/h5-10,19H,1-4H3. The zero-order chi connectivity index (χ0) is 15.9. The van der Waals surface area contributed by atoms with Crippen molar-refractivity contribution in [3.05, 3.63) is 35.9 Å². The molecule has 0 amide bonds. The number of ether oxygens (including phenoxy) is 1. The van der Waals surface area contributed by atoms with Crippen molar-refractivity contribution < 1.29 is 9.53 Å². The largest absolute Gasteiger partial charge is 0.425 e. The second-order valence-electron chi connectivity index (χ2n) is 5.67. The number of rotatable bonds is 3. The molecule has 0 saturated carbocycles. The van der Waals surface area contributed by atoms with Gasteiger partial charge in [-0.3, -0.25) is 4.79 Å². The van der Waals surface area contributed by atoms with Crippen LogP contribution in [0.1, 0.15) is 32.3 Å². The maximum Gasteiger partial charge on any atom is 0.308 e. The van der Waals surface area contributed by atoms with Gasteiger partial charge >= 0.3 is 5.97 Å². The molecule has 0 fully saturated rings. The van der Waals surface area contributed by atoms with Gasteiger partial charge in [0, 0.05) is 23.2 Å². The summed E-state index contributed by atoms with van der Waals surface area (Å²) in [6.07, 6.45) is 2.00. The zero-order valence-corrected chi connectivity index (χ0v) is 14.0. The number of nitrogens with one attached hydrogen (secondary N) is 1. The number of aromatic nitrogens is 1. The van der Waals surface area contributed by atoms with Crippen molar-refractivity contribution in [1.82, 2.24) is 4.98 Å². The fourth-order valence-corrected chi connectivity index (χ4v) is 3.56. The highest BCUT2D eigenvalue weighted by Gasteiger charge is 2.19. The molecule has 0 aliphatic carbocycles. The Morgan fingerprint density at radius 1 is 1.27 bits per heavy atom. The minimum Gasteiger partial charge on any atom is -0.425 e. The minimum absolute atomic E-state index is 0.291. The Morgan fingerprint density at radius 2 is 2.00 bits per heavy atom. The third-order valence-electron chi connectivity index (χ3n) is 3.81. The van der Waals surface area contributed by atoms with Crippen LogP contribution in [0, 0.1) is 0 Å². The first kappa shape index (κ1) is 15.0. The third kappa shape index (κ3) is 2.37. The van der Waals surface area contributed by atoms with Crippen molar-refractivity contribution in [2.45, 2.75) is 31.6 Å². The molecule has 0 saturated heterocycles. The lowest BCUT2D eigenvalue weighted by atomic mass is 9.96. The van der Waals surface area contributed by atoms with Gasteiger partial charge in [0.15, 0.2) is 0 Å². The van der Waals surface area contributed by atoms with E-state index in [0.717, 1.165) is 15.9 Å². The highest BCUT2D eigenvalue weighted by molar-refractivity contribution is 7.99. The van der Waals surface area contributed by atoms with Gasteiger partial charge < -0.3 is 9.72 Å². The van der Waals surface area contributed by atoms with Crippen LogP contribution >= 0.6 is 11.8 Å². The normalized spacial score (nSPS) is 11.5. The number of carbonyl (C=O) groups excluding carboxylic acids is 1. The van der Waals surface area contributed by atoms with Crippen molar-refractivity contribution in [1.29, 1.82) is 0 Å². The molecule has 3 nitrogen and oxygen atoms in total. The van der Waals surface area contributed by atoms with Gasteiger partial charge in [0.25, 0.3) is 0 Å². The Kier molecular flexibility index (Phi) is 3.87. The van der Waals surface area contributed by atoms with E-state index >= 15 is 0 Å². The maximum atomic E-state index is 11.4. The molecule has 3 rings (SSSR count). The van der Waals surface area contributed by atoms with E-state index in [0.29, 0.717) is 11.7 Å². The molecule has 0 spiro atoms. The van der Waals surface area contributed by atoms with E-state index in [1.165, 1.54) is 23.3 Å². The summed E-state index contributed by atoms with van der Waals surface area (Å²) in [6, 6.07) is 10.3. The minimum atomic E-state index is -0.291. The van der Waals surface area contributed by atoms with Gasteiger partial charge in [-0.25, -0.2) is 0 Å². The second-order valence-corrected chi connectivity index (χ2v) is 6.48. The van der Waals surface area contributed by atoms with Gasteiger partial charge in [-0.05, 0) is 29.9 Å². The quantitative estimate of drug-likeness (QED) is 0.416. The molecule has 2 aromatic carbocycles. The fourth-order valence-electron chi connectivity index (χ4n) is 2.90. The molecule has 0 atom stereocenters. The fraction of sp³-hybridized carbons (Fsp3) is 0.278. The molecule has 1 heterocycles. The average Bonchev–Trinajstić information content (AvgIpc) is 2.84. The third-order valence-corrected chi connectivity index (χ3v) is 4.63. The molecule has 0 aliphatic heterocycles. The summed E-state index contributed by atoms with van der Waals surface area (Å²) in [4.78, 5) is 15.9. The van der Waals surface area contributed by atoms with Crippen molar-refractivity contribution in [3.63, 3.8) is 0 Å². The molecule has 22 heavy (non-hydrogen) atoms. The van der Waals surface area contributed by atoms with Gasteiger partial charge in [-0.1, -0.05) is 32.0 Å². The molecular formula is C18H19NO2S. The zero-order valence-electron chi connectivity index (χ0n) is 13.2. The van der Waals surface area contributed by atoms with E-state index in [1.807, 2.05) is 18.4 Å². The number of thioether (sulfide) groups is 1. The molecule has 1 N–H and O–H groups in total. The van der Waals surface area contributed by atoms with E-state index in [2.05, 4.69) is 37.0 Å². The molecule has 1 aromatic heterocycles. The molecule has 0 unspecified atom stereocenters. The first-order valence-electron chi connectivity index (χ1n) is 7.32. The van der Waals surface area contributed by atoms with Gasteiger partial charge in [0.1, 0.15) is 5.75 Å². The second kappa shape index (κ2) is 5.69. The van der Waals surface area contributed by atoms with Crippen molar-refractivity contribution in [2.75, 3.05) is 6.26 Å². The molecular weight excluding hydrogens is 294 g/mol. The van der Waals surface area contributed by atoms with E-state index in [-0.39, 0.29) is 5.97 Å². The number of hydrogen-bond acceptors (Lipinski definition) is 3.